The molecule has 8 heteroatoms. The van der Waals surface area contributed by atoms with Crippen LogP contribution >= 0.6 is 0 Å². The molecule has 1 aromatic heterocycles. The Kier molecular flexibility index (Phi) is 7.31. The van der Waals surface area contributed by atoms with Crippen molar-refractivity contribution >= 4 is 23.4 Å². The number of hydrogen-bond acceptors (Lipinski definition) is 6. The third kappa shape index (κ3) is 4.94. The van der Waals surface area contributed by atoms with Crippen molar-refractivity contribution in [1.29, 1.82) is 0 Å². The lowest BCUT2D eigenvalue weighted by Gasteiger charge is -2.40. The van der Waals surface area contributed by atoms with E-state index in [9.17, 15) is 4.79 Å². The lowest BCUT2D eigenvalue weighted by molar-refractivity contribution is 0.0589. The molecule has 4 heterocycles. The van der Waals surface area contributed by atoms with Crippen LogP contribution in [0.5, 0.6) is 0 Å². The van der Waals surface area contributed by atoms with Gasteiger partial charge in [-0.2, -0.15) is 4.99 Å². The first-order chi connectivity index (χ1) is 19.7. The predicted octanol–water partition coefficient (Wildman–Crippen LogP) is 5.17. The number of aromatic nitrogens is 1. The van der Waals surface area contributed by atoms with E-state index in [0.717, 1.165) is 68.2 Å². The largest absolute Gasteiger partial charge is 0.346 e. The number of carbonyl (C=O) groups excluding carboxylic acids is 1. The molecule has 7 rings (SSSR count). The molecule has 0 spiro atoms. The van der Waals surface area contributed by atoms with Crippen LogP contribution in [0.3, 0.4) is 0 Å². The second kappa shape index (κ2) is 11.2. The molecule has 8 nitrogen and oxygen atoms in total. The molecule has 1 amide bonds. The molecule has 1 unspecified atom stereocenters. The van der Waals surface area contributed by atoms with Gasteiger partial charge in [0.15, 0.2) is 0 Å². The van der Waals surface area contributed by atoms with E-state index >= 15 is 0 Å². The lowest BCUT2D eigenvalue weighted by atomic mass is 9.97. The van der Waals surface area contributed by atoms with Crippen molar-refractivity contribution in [2.75, 3.05) is 38.5 Å². The zero-order chi connectivity index (χ0) is 27.1. The van der Waals surface area contributed by atoms with Crippen molar-refractivity contribution in [3.05, 3.63) is 46.6 Å². The molecule has 5 aliphatic rings. The summed E-state index contributed by atoms with van der Waals surface area (Å²) in [5.41, 5.74) is 5.75. The number of fused-ring (bicyclic) bond motifs is 2. The van der Waals surface area contributed by atoms with Crippen LogP contribution in [0.25, 0.3) is 0 Å². The minimum absolute atomic E-state index is 0.0890. The predicted molar refractivity (Wildman–Crippen MR) is 160 cm³/mol. The minimum Gasteiger partial charge on any atom is -0.346 e. The molecule has 1 aromatic carbocycles. The molecule has 1 atom stereocenters. The number of guanidine groups is 1. The zero-order valence-electron chi connectivity index (χ0n) is 24.1. The molecular weight excluding hydrogens is 498 g/mol. The number of piperidine rings is 2. The maximum atomic E-state index is 13.8. The summed E-state index contributed by atoms with van der Waals surface area (Å²) in [4.78, 5) is 29.1. The fourth-order valence-electron chi connectivity index (χ4n) is 7.87. The van der Waals surface area contributed by atoms with E-state index in [1.807, 2.05) is 6.20 Å². The first kappa shape index (κ1) is 26.1. The van der Waals surface area contributed by atoms with E-state index in [4.69, 9.17) is 4.99 Å². The number of aliphatic imine (C=N–C) groups is 1. The number of likely N-dealkylation sites (tertiary alicyclic amines) is 2. The Bertz CT molecular complexity index is 1250. The molecule has 2 aliphatic carbocycles. The number of aromatic amines is 1. The summed E-state index contributed by atoms with van der Waals surface area (Å²) in [6, 6.07) is 7.55. The fourth-order valence-corrected chi connectivity index (χ4v) is 7.87. The number of nitrogens with zero attached hydrogens (tertiary/aromatic N) is 4. The summed E-state index contributed by atoms with van der Waals surface area (Å²) in [7, 11) is 2.13. The van der Waals surface area contributed by atoms with Crippen molar-refractivity contribution in [3.8, 4) is 0 Å². The van der Waals surface area contributed by atoms with Crippen LogP contribution in [-0.2, 0) is 12.8 Å². The van der Waals surface area contributed by atoms with Crippen molar-refractivity contribution in [2.45, 2.75) is 95.3 Å². The highest BCUT2D eigenvalue weighted by atomic mass is 16.2. The summed E-state index contributed by atoms with van der Waals surface area (Å²) in [6.07, 6.45) is 16.5. The first-order valence-electron chi connectivity index (χ1n) is 15.9. The van der Waals surface area contributed by atoms with E-state index < -0.39 is 0 Å². The molecule has 0 radical (unpaired) electrons. The molecule has 3 fully saturated rings. The molecule has 3 aliphatic heterocycles. The Hall–Kier alpha value is -2.84. The highest BCUT2D eigenvalue weighted by molar-refractivity contribution is 6.00. The van der Waals surface area contributed by atoms with E-state index in [1.54, 1.807) is 0 Å². The topological polar surface area (TPSA) is 79.0 Å². The van der Waals surface area contributed by atoms with Crippen molar-refractivity contribution in [3.63, 3.8) is 0 Å². The van der Waals surface area contributed by atoms with E-state index in [-0.39, 0.29) is 12.1 Å². The van der Waals surface area contributed by atoms with E-state index in [0.29, 0.717) is 12.1 Å². The van der Waals surface area contributed by atoms with Crippen LogP contribution in [0, 0.1) is 0 Å². The molecule has 3 N–H and O–H groups in total. The van der Waals surface area contributed by atoms with Crippen LogP contribution in [0.2, 0.25) is 0 Å². The van der Waals surface area contributed by atoms with Gasteiger partial charge in [-0.1, -0.05) is 19.3 Å². The SMILES string of the molecule is CN1C(Nc2ccc(C(=O)N3CCC(N4CCCCC4)CC3)c3c2CCC3)=Nc2[nH]ccc2C1NC1CCCC1. The van der Waals surface area contributed by atoms with Gasteiger partial charge in [0.25, 0.3) is 5.91 Å². The summed E-state index contributed by atoms with van der Waals surface area (Å²) in [5, 5.41) is 7.58. The smallest absolute Gasteiger partial charge is 0.254 e. The van der Waals surface area contributed by atoms with E-state index in [2.05, 4.69) is 55.6 Å². The fraction of sp³-hybridized carbons (Fsp3) is 0.625. The number of benzene rings is 1. The monoisotopic (exact) mass is 543 g/mol. The molecule has 0 bridgehead atoms. The van der Waals surface area contributed by atoms with Gasteiger partial charge in [0, 0.05) is 55.2 Å². The molecule has 214 valence electrons. The Balaban J connectivity index is 1.07. The summed E-state index contributed by atoms with van der Waals surface area (Å²) >= 11 is 0. The van der Waals surface area contributed by atoms with Gasteiger partial charge in [0.2, 0.25) is 5.96 Å². The summed E-state index contributed by atoms with van der Waals surface area (Å²) < 4.78 is 0. The second-order valence-corrected chi connectivity index (χ2v) is 12.6. The number of hydrogen-bond donors (Lipinski definition) is 3. The second-order valence-electron chi connectivity index (χ2n) is 12.6. The van der Waals surface area contributed by atoms with Gasteiger partial charge >= 0.3 is 0 Å². The molecule has 2 aromatic rings. The highest BCUT2D eigenvalue weighted by Gasteiger charge is 2.33. The van der Waals surface area contributed by atoms with Crippen LogP contribution in [0.15, 0.2) is 29.4 Å². The van der Waals surface area contributed by atoms with E-state index in [1.165, 1.54) is 74.7 Å². The van der Waals surface area contributed by atoms with Crippen LogP contribution < -0.4 is 10.6 Å². The third-order valence-corrected chi connectivity index (χ3v) is 10.2. The Morgan fingerprint density at radius 3 is 2.48 bits per heavy atom. The van der Waals surface area contributed by atoms with Gasteiger partial charge in [-0.25, -0.2) is 0 Å². The number of nitrogens with one attached hydrogen (secondary N) is 3. The standard InChI is InChI=1S/C32H45N7O/c1-37-30(34-22-8-3-4-9-22)27-14-17-33-29(27)36-32(37)35-28-13-12-26(24-10-7-11-25(24)28)31(40)39-20-15-23(16-21-39)38-18-5-2-6-19-38/h12-14,17,22-23,30,33-34H,2-11,15-16,18-21H2,1H3,(H,35,36). The lowest BCUT2D eigenvalue weighted by Crippen LogP contribution is -2.48. The summed E-state index contributed by atoms with van der Waals surface area (Å²) in [6.45, 7) is 4.24. The van der Waals surface area contributed by atoms with Crippen molar-refractivity contribution in [1.82, 2.24) is 25.0 Å². The molecule has 2 saturated heterocycles. The molecular formula is C32H45N7O. The molecule has 40 heavy (non-hydrogen) atoms. The Morgan fingerprint density at radius 1 is 0.900 bits per heavy atom. The van der Waals surface area contributed by atoms with Crippen LogP contribution in [0.1, 0.15) is 97.4 Å². The Morgan fingerprint density at radius 2 is 1.68 bits per heavy atom. The van der Waals surface area contributed by atoms with Gasteiger partial charge in [0.1, 0.15) is 12.0 Å². The average Bonchev–Trinajstić information content (AvgIpc) is 3.78. The number of amides is 1. The molecule has 1 saturated carbocycles. The minimum atomic E-state index is 0.0890. The number of anilines is 1. The quantitative estimate of drug-likeness (QED) is 0.485. The first-order valence-corrected chi connectivity index (χ1v) is 15.9. The van der Waals surface area contributed by atoms with Crippen LogP contribution in [0.4, 0.5) is 11.5 Å². The van der Waals surface area contributed by atoms with Gasteiger partial charge < -0.3 is 25.0 Å². The highest BCUT2D eigenvalue weighted by Crippen LogP contribution is 2.37. The van der Waals surface area contributed by atoms with Gasteiger partial charge in [0.05, 0.1) is 0 Å². The number of rotatable bonds is 5. The van der Waals surface area contributed by atoms with Gasteiger partial charge in [-0.15, -0.1) is 0 Å². The maximum Gasteiger partial charge on any atom is 0.254 e. The van der Waals surface area contributed by atoms with Gasteiger partial charge in [-0.05, 0) is 100 Å². The number of carbonyl (C=O) groups is 1. The zero-order valence-corrected chi connectivity index (χ0v) is 24.1. The normalized spacial score (nSPS) is 24.2. The average molecular weight is 544 g/mol. The van der Waals surface area contributed by atoms with Crippen molar-refractivity contribution in [2.24, 2.45) is 4.99 Å². The van der Waals surface area contributed by atoms with Gasteiger partial charge in [-0.3, -0.25) is 10.1 Å². The number of H-pyrrole nitrogens is 1. The van der Waals surface area contributed by atoms with Crippen LogP contribution in [-0.4, -0.2) is 76.9 Å². The maximum absolute atomic E-state index is 13.8. The summed E-state index contributed by atoms with van der Waals surface area (Å²) in [5.74, 6) is 2.00. The Labute approximate surface area is 238 Å². The van der Waals surface area contributed by atoms with Crippen molar-refractivity contribution < 1.29 is 4.79 Å². The third-order valence-electron chi connectivity index (χ3n) is 10.2.